The molecule has 2 saturated heterocycles. The molecule has 1 unspecified atom stereocenters. The zero-order valence-corrected chi connectivity index (χ0v) is 20.8. The molecule has 184 valence electrons. The highest BCUT2D eigenvalue weighted by molar-refractivity contribution is 7.89. The van der Waals surface area contributed by atoms with Crippen LogP contribution in [0.3, 0.4) is 0 Å². The molecule has 2 aliphatic rings. The van der Waals surface area contributed by atoms with Gasteiger partial charge in [0.15, 0.2) is 0 Å². The number of rotatable bonds is 8. The summed E-state index contributed by atoms with van der Waals surface area (Å²) in [4.78, 5) is 17.6. The van der Waals surface area contributed by atoms with Gasteiger partial charge < -0.3 is 15.0 Å². The van der Waals surface area contributed by atoms with Crippen molar-refractivity contribution in [3.8, 4) is 0 Å². The summed E-state index contributed by atoms with van der Waals surface area (Å²) in [6.45, 7) is 6.21. The number of morpholine rings is 1. The smallest absolute Gasteiger partial charge is 0.243 e. The minimum absolute atomic E-state index is 0.134. The fraction of sp³-hybridized carbons (Fsp3) is 0.480. The molecule has 2 aromatic rings. The highest BCUT2D eigenvalue weighted by Crippen LogP contribution is 2.26. The Balaban J connectivity index is 1.37. The molecule has 0 saturated carbocycles. The molecule has 4 rings (SSSR count). The summed E-state index contributed by atoms with van der Waals surface area (Å²) in [5.41, 5.74) is 3.03. The van der Waals surface area contributed by atoms with Crippen molar-refractivity contribution < 1.29 is 17.9 Å². The predicted octanol–water partition coefficient (Wildman–Crippen LogP) is 2.77. The summed E-state index contributed by atoms with van der Waals surface area (Å²) in [5.74, 6) is -0.134. The molecular formula is C25H34N4O4S. The highest BCUT2D eigenvalue weighted by Gasteiger charge is 2.26. The standard InChI is InChI=1S/C25H34N4O4S/c1-20(27(2)19-21-7-3-4-8-24(21)28-13-5-6-14-28)25(30)26-22-9-11-23(12-10-22)34(31,32)29-15-17-33-18-16-29/h3-4,7-12,20H,5-6,13-19H2,1-2H3,(H,26,30). The number of benzene rings is 2. The van der Waals surface area contributed by atoms with Gasteiger partial charge in [0.1, 0.15) is 0 Å². The van der Waals surface area contributed by atoms with Crippen LogP contribution in [0.15, 0.2) is 53.4 Å². The van der Waals surface area contributed by atoms with E-state index in [4.69, 9.17) is 4.74 Å². The van der Waals surface area contributed by atoms with E-state index in [1.165, 1.54) is 28.4 Å². The van der Waals surface area contributed by atoms with Crippen LogP contribution >= 0.6 is 0 Å². The maximum Gasteiger partial charge on any atom is 0.243 e. The summed E-state index contributed by atoms with van der Waals surface area (Å²) < 4.78 is 32.3. The summed E-state index contributed by atoms with van der Waals surface area (Å²) in [6.07, 6.45) is 2.44. The Morgan fingerprint density at radius 1 is 1.03 bits per heavy atom. The second kappa shape index (κ2) is 10.9. The molecular weight excluding hydrogens is 452 g/mol. The number of ether oxygens (including phenoxy) is 1. The van der Waals surface area contributed by atoms with E-state index in [2.05, 4.69) is 28.4 Å². The molecule has 2 aromatic carbocycles. The Morgan fingerprint density at radius 3 is 2.35 bits per heavy atom. The average molecular weight is 487 g/mol. The molecule has 1 amide bonds. The van der Waals surface area contributed by atoms with E-state index >= 15 is 0 Å². The van der Waals surface area contributed by atoms with Crippen molar-refractivity contribution in [2.75, 3.05) is 56.7 Å². The molecule has 0 spiro atoms. The molecule has 0 aliphatic carbocycles. The van der Waals surface area contributed by atoms with E-state index in [1.807, 2.05) is 24.9 Å². The molecule has 0 aromatic heterocycles. The van der Waals surface area contributed by atoms with Gasteiger partial charge in [-0.2, -0.15) is 4.31 Å². The number of nitrogens with zero attached hydrogens (tertiary/aromatic N) is 3. The fourth-order valence-corrected chi connectivity index (χ4v) is 5.82. The van der Waals surface area contributed by atoms with Crippen molar-refractivity contribution in [3.05, 3.63) is 54.1 Å². The number of carbonyl (C=O) groups is 1. The van der Waals surface area contributed by atoms with E-state index < -0.39 is 10.0 Å². The topological polar surface area (TPSA) is 82.2 Å². The van der Waals surface area contributed by atoms with Crippen LogP contribution in [0.4, 0.5) is 11.4 Å². The summed E-state index contributed by atoms with van der Waals surface area (Å²) in [7, 11) is -1.61. The summed E-state index contributed by atoms with van der Waals surface area (Å²) in [6, 6.07) is 14.4. The Labute approximate surface area is 202 Å². The van der Waals surface area contributed by atoms with Crippen molar-refractivity contribution >= 4 is 27.3 Å². The third kappa shape index (κ3) is 5.60. The number of hydrogen-bond donors (Lipinski definition) is 1. The SMILES string of the molecule is CC(C(=O)Nc1ccc(S(=O)(=O)N2CCOCC2)cc1)N(C)Cc1ccccc1N1CCCC1. The van der Waals surface area contributed by atoms with Gasteiger partial charge >= 0.3 is 0 Å². The molecule has 1 N–H and O–H groups in total. The van der Waals surface area contributed by atoms with Crippen LogP contribution in [0, 0.1) is 0 Å². The first-order valence-electron chi connectivity index (χ1n) is 11.9. The number of para-hydroxylation sites is 1. The highest BCUT2D eigenvalue weighted by atomic mass is 32.2. The molecule has 0 radical (unpaired) electrons. The van der Waals surface area contributed by atoms with Gasteiger partial charge in [-0.1, -0.05) is 18.2 Å². The Bertz CT molecular complexity index is 1080. The van der Waals surface area contributed by atoms with Gasteiger partial charge in [0.05, 0.1) is 24.2 Å². The van der Waals surface area contributed by atoms with Crippen LogP contribution in [0.2, 0.25) is 0 Å². The zero-order chi connectivity index (χ0) is 24.1. The maximum absolute atomic E-state index is 12.9. The number of anilines is 2. The number of amides is 1. The first kappa shape index (κ1) is 24.7. The fourth-order valence-electron chi connectivity index (χ4n) is 4.41. The van der Waals surface area contributed by atoms with Crippen molar-refractivity contribution in [1.29, 1.82) is 0 Å². The van der Waals surface area contributed by atoms with Crippen molar-refractivity contribution in [1.82, 2.24) is 9.21 Å². The monoisotopic (exact) mass is 486 g/mol. The van der Waals surface area contributed by atoms with Crippen LogP contribution in [0.5, 0.6) is 0 Å². The number of carbonyl (C=O) groups excluding carboxylic acids is 1. The molecule has 2 heterocycles. The van der Waals surface area contributed by atoms with E-state index in [9.17, 15) is 13.2 Å². The van der Waals surface area contributed by atoms with Gasteiger partial charge in [0.25, 0.3) is 0 Å². The Morgan fingerprint density at radius 2 is 1.68 bits per heavy atom. The maximum atomic E-state index is 12.9. The number of hydrogen-bond acceptors (Lipinski definition) is 6. The van der Waals surface area contributed by atoms with Crippen molar-refractivity contribution in [3.63, 3.8) is 0 Å². The summed E-state index contributed by atoms with van der Waals surface area (Å²) >= 11 is 0. The lowest BCUT2D eigenvalue weighted by Gasteiger charge is -2.27. The lowest BCUT2D eigenvalue weighted by atomic mass is 10.1. The molecule has 0 bridgehead atoms. The number of likely N-dealkylation sites (N-methyl/N-ethyl adjacent to an activating group) is 1. The minimum atomic E-state index is -3.55. The summed E-state index contributed by atoms with van der Waals surface area (Å²) in [5, 5.41) is 2.92. The van der Waals surface area contributed by atoms with Gasteiger partial charge in [-0.15, -0.1) is 0 Å². The van der Waals surface area contributed by atoms with E-state index in [0.29, 0.717) is 38.5 Å². The first-order chi connectivity index (χ1) is 16.4. The Kier molecular flexibility index (Phi) is 7.88. The van der Waals surface area contributed by atoms with Crippen molar-refractivity contribution in [2.24, 2.45) is 0 Å². The Hall–Kier alpha value is -2.46. The first-order valence-corrected chi connectivity index (χ1v) is 13.3. The van der Waals surface area contributed by atoms with Gasteiger partial charge in [-0.3, -0.25) is 9.69 Å². The molecule has 2 fully saturated rings. The van der Waals surface area contributed by atoms with Crippen LogP contribution in [-0.4, -0.2) is 76.0 Å². The van der Waals surface area contributed by atoms with Crippen LogP contribution in [-0.2, 0) is 26.1 Å². The number of nitrogens with one attached hydrogen (secondary N) is 1. The normalized spacial score (nSPS) is 18.3. The van der Waals surface area contributed by atoms with Crippen LogP contribution in [0.1, 0.15) is 25.3 Å². The third-order valence-corrected chi connectivity index (χ3v) is 8.54. The quantitative estimate of drug-likeness (QED) is 0.618. The van der Waals surface area contributed by atoms with Gasteiger partial charge in [0, 0.05) is 44.1 Å². The van der Waals surface area contributed by atoms with E-state index in [1.54, 1.807) is 24.3 Å². The largest absolute Gasteiger partial charge is 0.379 e. The third-order valence-electron chi connectivity index (χ3n) is 6.63. The molecule has 8 nitrogen and oxygen atoms in total. The van der Waals surface area contributed by atoms with E-state index in [-0.39, 0.29) is 16.8 Å². The second-order valence-corrected chi connectivity index (χ2v) is 10.9. The predicted molar refractivity (Wildman–Crippen MR) is 133 cm³/mol. The molecule has 1 atom stereocenters. The second-order valence-electron chi connectivity index (χ2n) is 8.94. The lowest BCUT2D eigenvalue weighted by molar-refractivity contribution is -0.120. The van der Waals surface area contributed by atoms with Crippen molar-refractivity contribution in [2.45, 2.75) is 37.2 Å². The van der Waals surface area contributed by atoms with Gasteiger partial charge in [-0.05, 0) is 62.7 Å². The molecule has 9 heteroatoms. The molecule has 34 heavy (non-hydrogen) atoms. The lowest BCUT2D eigenvalue weighted by Crippen LogP contribution is -2.40. The van der Waals surface area contributed by atoms with Gasteiger partial charge in [-0.25, -0.2) is 8.42 Å². The average Bonchev–Trinajstić information content (AvgIpc) is 3.39. The zero-order valence-electron chi connectivity index (χ0n) is 19.9. The molecule has 2 aliphatic heterocycles. The number of sulfonamides is 1. The van der Waals surface area contributed by atoms with Crippen LogP contribution < -0.4 is 10.2 Å². The minimum Gasteiger partial charge on any atom is -0.379 e. The van der Waals surface area contributed by atoms with Gasteiger partial charge in [0.2, 0.25) is 15.9 Å². The van der Waals surface area contributed by atoms with E-state index in [0.717, 1.165) is 13.1 Å². The van der Waals surface area contributed by atoms with Crippen LogP contribution in [0.25, 0.3) is 0 Å².